The van der Waals surface area contributed by atoms with Crippen molar-refractivity contribution in [1.29, 1.82) is 0 Å². The molecule has 1 aromatic carbocycles. The molecule has 0 aliphatic carbocycles. The van der Waals surface area contributed by atoms with Crippen molar-refractivity contribution < 1.29 is 9.59 Å². The molecule has 0 saturated heterocycles. The summed E-state index contributed by atoms with van der Waals surface area (Å²) in [6.45, 7) is 1.56. The van der Waals surface area contributed by atoms with Crippen molar-refractivity contribution >= 4 is 29.1 Å². The molecule has 2 N–H and O–H groups in total. The predicted molar refractivity (Wildman–Crippen MR) is 68.2 cm³/mol. The first-order valence-corrected chi connectivity index (χ1v) is 6.36. The van der Waals surface area contributed by atoms with E-state index >= 15 is 0 Å². The number of carbonyl (C=O) groups excluding carboxylic acids is 2. The van der Waals surface area contributed by atoms with Crippen LogP contribution in [0.15, 0.2) is 29.2 Å². The van der Waals surface area contributed by atoms with Crippen molar-refractivity contribution in [2.45, 2.75) is 17.9 Å². The van der Waals surface area contributed by atoms with Gasteiger partial charge in [0, 0.05) is 10.6 Å². The molecular formula is C12H14N2O2S. The zero-order chi connectivity index (χ0) is 12.4. The van der Waals surface area contributed by atoms with E-state index in [0.29, 0.717) is 5.75 Å². The molecule has 0 aromatic heterocycles. The number of ketones is 1. The lowest BCUT2D eigenvalue weighted by molar-refractivity contribution is -0.122. The molecule has 0 radical (unpaired) electrons. The summed E-state index contributed by atoms with van der Waals surface area (Å²) in [5.41, 5.74) is 6.58. The lowest BCUT2D eigenvalue weighted by Crippen LogP contribution is -2.46. The summed E-state index contributed by atoms with van der Waals surface area (Å²) in [4.78, 5) is 25.8. The first kappa shape index (κ1) is 12.1. The van der Waals surface area contributed by atoms with Crippen LogP contribution in [0.2, 0.25) is 0 Å². The number of carbonyl (C=O) groups is 2. The number of rotatable bonds is 2. The molecule has 90 valence electrons. The second kappa shape index (κ2) is 4.89. The minimum absolute atomic E-state index is 0.0488. The number of benzene rings is 1. The Kier molecular flexibility index (Phi) is 3.49. The number of thioether (sulfide) groups is 1. The SMILES string of the molecule is CC(=O)CN1C(=O)[C@@H](N)CSc2ccccc21. The average molecular weight is 250 g/mol. The summed E-state index contributed by atoms with van der Waals surface area (Å²) < 4.78 is 0. The Morgan fingerprint density at radius 2 is 2.24 bits per heavy atom. The molecule has 1 aliphatic heterocycles. The highest BCUT2D eigenvalue weighted by molar-refractivity contribution is 7.99. The summed E-state index contributed by atoms with van der Waals surface area (Å²) in [5, 5.41) is 0. The van der Waals surface area contributed by atoms with E-state index in [1.54, 1.807) is 11.8 Å². The van der Waals surface area contributed by atoms with Gasteiger partial charge in [-0.1, -0.05) is 12.1 Å². The Morgan fingerprint density at radius 1 is 1.53 bits per heavy atom. The monoisotopic (exact) mass is 250 g/mol. The molecule has 4 nitrogen and oxygen atoms in total. The van der Waals surface area contributed by atoms with Crippen LogP contribution in [-0.2, 0) is 9.59 Å². The first-order valence-electron chi connectivity index (χ1n) is 5.38. The van der Waals surface area contributed by atoms with Crippen molar-refractivity contribution in [3.63, 3.8) is 0 Å². The first-order chi connectivity index (χ1) is 8.09. The Morgan fingerprint density at radius 3 is 2.94 bits per heavy atom. The molecule has 17 heavy (non-hydrogen) atoms. The summed E-state index contributed by atoms with van der Waals surface area (Å²) in [6, 6.07) is 7.02. The van der Waals surface area contributed by atoms with Gasteiger partial charge in [0.2, 0.25) is 5.91 Å². The molecule has 1 aliphatic rings. The second-order valence-electron chi connectivity index (χ2n) is 4.01. The van der Waals surface area contributed by atoms with Gasteiger partial charge in [0.05, 0.1) is 18.3 Å². The number of hydrogen-bond donors (Lipinski definition) is 1. The maximum atomic E-state index is 12.1. The normalized spacial score (nSPS) is 19.8. The fraction of sp³-hybridized carbons (Fsp3) is 0.333. The van der Waals surface area contributed by atoms with Gasteiger partial charge in [0.15, 0.2) is 0 Å². The molecule has 0 saturated carbocycles. The number of para-hydroxylation sites is 1. The molecule has 1 aromatic rings. The lowest BCUT2D eigenvalue weighted by Gasteiger charge is -2.22. The fourth-order valence-corrected chi connectivity index (χ4v) is 2.76. The molecule has 0 fully saturated rings. The van der Waals surface area contributed by atoms with Crippen LogP contribution in [-0.4, -0.2) is 30.0 Å². The molecular weight excluding hydrogens is 236 g/mol. The number of Topliss-reactive ketones (excluding diaryl/α,β-unsaturated/α-hetero) is 1. The average Bonchev–Trinajstić information content (AvgIpc) is 2.42. The zero-order valence-electron chi connectivity index (χ0n) is 9.55. The van der Waals surface area contributed by atoms with E-state index in [1.165, 1.54) is 11.8 Å². The van der Waals surface area contributed by atoms with E-state index in [-0.39, 0.29) is 18.2 Å². The maximum absolute atomic E-state index is 12.1. The number of nitrogens with two attached hydrogens (primary N) is 1. The van der Waals surface area contributed by atoms with Gasteiger partial charge < -0.3 is 10.6 Å². The molecule has 2 rings (SSSR count). The third-order valence-electron chi connectivity index (χ3n) is 2.54. The van der Waals surface area contributed by atoms with Crippen molar-refractivity contribution in [2.75, 3.05) is 17.2 Å². The van der Waals surface area contributed by atoms with E-state index in [0.717, 1.165) is 10.6 Å². The van der Waals surface area contributed by atoms with Crippen LogP contribution >= 0.6 is 11.8 Å². The quantitative estimate of drug-likeness (QED) is 0.852. The molecule has 1 heterocycles. The van der Waals surface area contributed by atoms with Crippen molar-refractivity contribution in [3.8, 4) is 0 Å². The van der Waals surface area contributed by atoms with E-state index in [4.69, 9.17) is 5.73 Å². The molecule has 1 amide bonds. The van der Waals surface area contributed by atoms with E-state index in [1.807, 2.05) is 24.3 Å². The van der Waals surface area contributed by atoms with Gasteiger partial charge in [-0.25, -0.2) is 0 Å². The van der Waals surface area contributed by atoms with Crippen molar-refractivity contribution in [2.24, 2.45) is 5.73 Å². The van der Waals surface area contributed by atoms with Crippen LogP contribution in [0.1, 0.15) is 6.92 Å². The summed E-state index contributed by atoms with van der Waals surface area (Å²) >= 11 is 1.55. The van der Waals surface area contributed by atoms with Gasteiger partial charge >= 0.3 is 0 Å². The number of fused-ring (bicyclic) bond motifs is 1. The molecule has 0 unspecified atom stereocenters. The van der Waals surface area contributed by atoms with Gasteiger partial charge in [-0.3, -0.25) is 9.59 Å². The van der Waals surface area contributed by atoms with Crippen LogP contribution in [0.5, 0.6) is 0 Å². The molecule has 1 atom stereocenters. The smallest absolute Gasteiger partial charge is 0.245 e. The highest BCUT2D eigenvalue weighted by Gasteiger charge is 2.28. The van der Waals surface area contributed by atoms with E-state index in [2.05, 4.69) is 0 Å². The molecule has 0 bridgehead atoms. The second-order valence-corrected chi connectivity index (χ2v) is 5.07. The van der Waals surface area contributed by atoms with Crippen LogP contribution in [0.4, 0.5) is 5.69 Å². The Bertz CT molecular complexity index is 462. The molecule has 0 spiro atoms. The van der Waals surface area contributed by atoms with Gasteiger partial charge in [0.1, 0.15) is 5.78 Å². The number of anilines is 1. The van der Waals surface area contributed by atoms with Crippen molar-refractivity contribution in [3.05, 3.63) is 24.3 Å². The lowest BCUT2D eigenvalue weighted by atomic mass is 10.2. The highest BCUT2D eigenvalue weighted by Crippen LogP contribution is 2.33. The van der Waals surface area contributed by atoms with Crippen LogP contribution in [0.25, 0.3) is 0 Å². The van der Waals surface area contributed by atoms with Gasteiger partial charge in [-0.2, -0.15) is 0 Å². The maximum Gasteiger partial charge on any atom is 0.245 e. The largest absolute Gasteiger partial charge is 0.319 e. The minimum atomic E-state index is -0.549. The number of nitrogens with zero attached hydrogens (tertiary/aromatic N) is 1. The number of hydrogen-bond acceptors (Lipinski definition) is 4. The van der Waals surface area contributed by atoms with Crippen molar-refractivity contribution in [1.82, 2.24) is 0 Å². The summed E-state index contributed by atoms with van der Waals surface area (Å²) in [5.74, 6) is 0.314. The zero-order valence-corrected chi connectivity index (χ0v) is 10.4. The standard InChI is InChI=1S/C12H14N2O2S/c1-8(15)6-14-10-4-2-3-5-11(10)17-7-9(13)12(14)16/h2-5,9H,6-7,13H2,1H3/t9-/m0/s1. The van der Waals surface area contributed by atoms with E-state index < -0.39 is 6.04 Å². The van der Waals surface area contributed by atoms with Gasteiger partial charge in [-0.15, -0.1) is 11.8 Å². The minimum Gasteiger partial charge on any atom is -0.319 e. The Labute approximate surface area is 104 Å². The summed E-state index contributed by atoms with van der Waals surface area (Å²) in [6.07, 6.45) is 0. The third-order valence-corrected chi connectivity index (χ3v) is 3.72. The Balaban J connectivity index is 2.43. The predicted octanol–water partition coefficient (Wildman–Crippen LogP) is 1.04. The van der Waals surface area contributed by atoms with E-state index in [9.17, 15) is 9.59 Å². The third kappa shape index (κ3) is 2.50. The topological polar surface area (TPSA) is 63.4 Å². The highest BCUT2D eigenvalue weighted by atomic mass is 32.2. The van der Waals surface area contributed by atoms with Gasteiger partial charge in [0.25, 0.3) is 0 Å². The van der Waals surface area contributed by atoms with Crippen LogP contribution in [0, 0.1) is 0 Å². The van der Waals surface area contributed by atoms with Crippen LogP contribution in [0.3, 0.4) is 0 Å². The fourth-order valence-electron chi connectivity index (χ4n) is 1.76. The molecule has 5 heteroatoms. The number of amides is 1. The summed E-state index contributed by atoms with van der Waals surface area (Å²) in [7, 11) is 0. The van der Waals surface area contributed by atoms with Crippen LogP contribution < -0.4 is 10.6 Å². The van der Waals surface area contributed by atoms with Gasteiger partial charge in [-0.05, 0) is 19.1 Å². The Hall–Kier alpha value is -1.33.